The molecule has 14 heavy (non-hydrogen) atoms. The summed E-state index contributed by atoms with van der Waals surface area (Å²) in [5.41, 5.74) is 3.36. The number of thioether (sulfide) groups is 1. The number of hydrogen-bond donors (Lipinski definition) is 1. The van der Waals surface area contributed by atoms with Gasteiger partial charge in [0.15, 0.2) is 0 Å². The number of rotatable bonds is 0. The zero-order valence-electron chi connectivity index (χ0n) is 7.62. The van der Waals surface area contributed by atoms with Gasteiger partial charge in [0, 0.05) is 18.1 Å². The van der Waals surface area contributed by atoms with Gasteiger partial charge in [0.1, 0.15) is 0 Å². The fourth-order valence-electron chi connectivity index (χ4n) is 1.96. The predicted molar refractivity (Wildman–Crippen MR) is 58.7 cm³/mol. The van der Waals surface area contributed by atoms with Crippen LogP contribution >= 0.6 is 11.8 Å². The summed E-state index contributed by atoms with van der Waals surface area (Å²) in [5.74, 6) is 2.02. The molecule has 3 nitrogen and oxygen atoms in total. The molecule has 0 bridgehead atoms. The smallest absolute Gasteiger partial charge is 0.306 e. The molecule has 0 saturated carbocycles. The Hall–Kier alpha value is -1.16. The summed E-state index contributed by atoms with van der Waals surface area (Å²) in [6, 6.07) is 6.07. The van der Waals surface area contributed by atoms with Crippen molar-refractivity contribution in [2.24, 2.45) is 0 Å². The number of aromatic nitrogens is 2. The van der Waals surface area contributed by atoms with Crippen molar-refractivity contribution in [3.8, 4) is 0 Å². The lowest BCUT2D eigenvalue weighted by Gasteiger charge is -1.99. The van der Waals surface area contributed by atoms with Gasteiger partial charge in [-0.2, -0.15) is 11.8 Å². The van der Waals surface area contributed by atoms with Gasteiger partial charge in [0.05, 0.1) is 11.0 Å². The van der Waals surface area contributed by atoms with Gasteiger partial charge in [0.25, 0.3) is 0 Å². The summed E-state index contributed by atoms with van der Waals surface area (Å²) in [6.45, 7) is 0.820. The Labute approximate surface area is 85.1 Å². The van der Waals surface area contributed by atoms with Crippen LogP contribution in [0.25, 0.3) is 11.0 Å². The largest absolute Gasteiger partial charge is 0.326 e. The minimum atomic E-state index is 0.0231. The van der Waals surface area contributed by atoms with Gasteiger partial charge >= 0.3 is 5.69 Å². The number of imidazole rings is 1. The highest BCUT2D eigenvalue weighted by atomic mass is 32.2. The molecule has 0 aliphatic carbocycles. The third kappa shape index (κ3) is 1.04. The normalized spacial score (nSPS) is 15.7. The fourth-order valence-corrected chi connectivity index (χ4v) is 2.87. The van der Waals surface area contributed by atoms with E-state index in [1.165, 1.54) is 5.56 Å². The molecule has 0 saturated heterocycles. The second-order valence-corrected chi connectivity index (χ2v) is 4.55. The molecule has 0 atom stereocenters. The van der Waals surface area contributed by atoms with E-state index in [1.54, 1.807) is 0 Å². The van der Waals surface area contributed by atoms with Crippen LogP contribution in [0.2, 0.25) is 0 Å². The van der Waals surface area contributed by atoms with Crippen LogP contribution in [-0.4, -0.2) is 15.3 Å². The number of benzene rings is 1. The van der Waals surface area contributed by atoms with Crippen molar-refractivity contribution in [1.29, 1.82) is 0 Å². The van der Waals surface area contributed by atoms with Gasteiger partial charge in [-0.05, 0) is 11.6 Å². The minimum Gasteiger partial charge on any atom is -0.306 e. The molecule has 1 aliphatic heterocycles. The Morgan fingerprint density at radius 2 is 2.36 bits per heavy atom. The van der Waals surface area contributed by atoms with Gasteiger partial charge < -0.3 is 4.98 Å². The summed E-state index contributed by atoms with van der Waals surface area (Å²) in [5, 5.41) is 0. The van der Waals surface area contributed by atoms with Crippen molar-refractivity contribution < 1.29 is 0 Å². The van der Waals surface area contributed by atoms with Crippen LogP contribution in [0, 0.1) is 0 Å². The van der Waals surface area contributed by atoms with Gasteiger partial charge in [-0.15, -0.1) is 0 Å². The first-order chi connectivity index (χ1) is 6.86. The van der Waals surface area contributed by atoms with Crippen molar-refractivity contribution in [2.75, 3.05) is 5.75 Å². The molecule has 0 amide bonds. The summed E-state index contributed by atoms with van der Waals surface area (Å²) in [6.07, 6.45) is 0. The number of hydrogen-bond acceptors (Lipinski definition) is 2. The fraction of sp³-hybridized carbons (Fsp3) is 0.300. The Balaban J connectivity index is 2.48. The number of H-pyrrole nitrogens is 1. The van der Waals surface area contributed by atoms with Gasteiger partial charge in [-0.25, -0.2) is 4.79 Å². The van der Waals surface area contributed by atoms with Crippen molar-refractivity contribution in [1.82, 2.24) is 9.55 Å². The standard InChI is InChI=1S/C10H10N2OS/c13-10-11-8-3-1-2-7-6-14-5-4-12(10)9(7)8/h1-3H,4-6H2,(H,11,13). The zero-order chi connectivity index (χ0) is 9.54. The molecular formula is C10H10N2OS. The van der Waals surface area contributed by atoms with Crippen molar-refractivity contribution in [3.63, 3.8) is 0 Å². The molecular weight excluding hydrogens is 196 g/mol. The van der Waals surface area contributed by atoms with Gasteiger partial charge in [0.2, 0.25) is 0 Å². The molecule has 1 aliphatic rings. The third-order valence-corrected chi connectivity index (χ3v) is 3.58. The highest BCUT2D eigenvalue weighted by Gasteiger charge is 2.13. The van der Waals surface area contributed by atoms with Gasteiger partial charge in [-0.3, -0.25) is 4.57 Å². The number of aryl methyl sites for hydroxylation is 1. The highest BCUT2D eigenvalue weighted by molar-refractivity contribution is 7.98. The van der Waals surface area contributed by atoms with E-state index in [4.69, 9.17) is 0 Å². The van der Waals surface area contributed by atoms with E-state index in [0.717, 1.165) is 29.1 Å². The lowest BCUT2D eigenvalue weighted by Crippen LogP contribution is -2.17. The van der Waals surface area contributed by atoms with Crippen LogP contribution in [0.3, 0.4) is 0 Å². The quantitative estimate of drug-likeness (QED) is 0.710. The first-order valence-corrected chi connectivity index (χ1v) is 5.80. The van der Waals surface area contributed by atoms with E-state index in [2.05, 4.69) is 11.1 Å². The summed E-state index contributed by atoms with van der Waals surface area (Å²) >= 11 is 1.89. The third-order valence-electron chi connectivity index (χ3n) is 2.59. The maximum Gasteiger partial charge on any atom is 0.326 e. The van der Waals surface area contributed by atoms with Crippen molar-refractivity contribution in [2.45, 2.75) is 12.3 Å². The Bertz CT molecular complexity index is 541. The van der Waals surface area contributed by atoms with Crippen LogP contribution in [0.1, 0.15) is 5.56 Å². The van der Waals surface area contributed by atoms with Crippen molar-refractivity contribution in [3.05, 3.63) is 34.2 Å². The van der Waals surface area contributed by atoms with E-state index in [1.807, 2.05) is 28.5 Å². The van der Waals surface area contributed by atoms with Crippen molar-refractivity contribution >= 4 is 22.8 Å². The molecule has 3 rings (SSSR count). The monoisotopic (exact) mass is 206 g/mol. The van der Waals surface area contributed by atoms with E-state index >= 15 is 0 Å². The lowest BCUT2D eigenvalue weighted by atomic mass is 10.2. The first kappa shape index (κ1) is 8.17. The zero-order valence-corrected chi connectivity index (χ0v) is 8.43. The molecule has 1 aromatic carbocycles. The predicted octanol–water partition coefficient (Wildman–Crippen LogP) is 1.58. The number of aromatic amines is 1. The highest BCUT2D eigenvalue weighted by Crippen LogP contribution is 2.24. The molecule has 1 N–H and O–H groups in total. The van der Waals surface area contributed by atoms with Crippen LogP contribution in [0.5, 0.6) is 0 Å². The Morgan fingerprint density at radius 3 is 3.29 bits per heavy atom. The van der Waals surface area contributed by atoms with Gasteiger partial charge in [-0.1, -0.05) is 12.1 Å². The summed E-state index contributed by atoms with van der Waals surface area (Å²) < 4.78 is 1.85. The summed E-state index contributed by atoms with van der Waals surface area (Å²) in [4.78, 5) is 14.5. The number of para-hydroxylation sites is 1. The molecule has 0 unspecified atom stereocenters. The lowest BCUT2D eigenvalue weighted by molar-refractivity contribution is 0.764. The Kier molecular flexibility index (Phi) is 1.70. The minimum absolute atomic E-state index is 0.0231. The molecule has 0 fully saturated rings. The van der Waals surface area contributed by atoms with Crippen LogP contribution in [0.4, 0.5) is 0 Å². The molecule has 1 aromatic heterocycles. The SMILES string of the molecule is O=c1[nH]c2cccc3c2n1CCSC3. The summed E-state index contributed by atoms with van der Waals surface area (Å²) in [7, 11) is 0. The maximum atomic E-state index is 11.6. The average Bonchev–Trinajstić information content (AvgIpc) is 2.39. The second-order valence-electron chi connectivity index (χ2n) is 3.45. The van der Waals surface area contributed by atoms with E-state index in [0.29, 0.717) is 0 Å². The Morgan fingerprint density at radius 1 is 1.43 bits per heavy atom. The van der Waals surface area contributed by atoms with E-state index in [9.17, 15) is 4.79 Å². The molecule has 0 spiro atoms. The molecule has 4 heteroatoms. The van der Waals surface area contributed by atoms with Crippen LogP contribution < -0.4 is 5.69 Å². The molecule has 2 aromatic rings. The first-order valence-electron chi connectivity index (χ1n) is 4.64. The molecule has 72 valence electrons. The van der Waals surface area contributed by atoms with Crippen LogP contribution in [0.15, 0.2) is 23.0 Å². The van der Waals surface area contributed by atoms with Crippen LogP contribution in [-0.2, 0) is 12.3 Å². The average molecular weight is 206 g/mol. The maximum absolute atomic E-state index is 11.6. The topological polar surface area (TPSA) is 37.8 Å². The van der Waals surface area contributed by atoms with E-state index < -0.39 is 0 Å². The second kappa shape index (κ2) is 2.92. The molecule has 0 radical (unpaired) electrons. The number of nitrogens with zero attached hydrogens (tertiary/aromatic N) is 1. The molecule has 2 heterocycles. The number of nitrogens with one attached hydrogen (secondary N) is 1. The van der Waals surface area contributed by atoms with E-state index in [-0.39, 0.29) is 5.69 Å².